The van der Waals surface area contributed by atoms with Crippen LogP contribution in [-0.2, 0) is 0 Å². The number of hydrogen-bond acceptors (Lipinski definition) is 2. The molecule has 2 aromatic rings. The summed E-state index contributed by atoms with van der Waals surface area (Å²) in [5, 5.41) is 10.4. The highest BCUT2D eigenvalue weighted by atomic mass is 79.9. The summed E-state index contributed by atoms with van der Waals surface area (Å²) in [6.07, 6.45) is -0.444. The van der Waals surface area contributed by atoms with Crippen molar-refractivity contribution in [3.8, 4) is 0 Å². The van der Waals surface area contributed by atoms with E-state index in [2.05, 4.69) is 35.0 Å². The molecule has 0 saturated heterocycles. The molecule has 2 rings (SSSR count). The largest absolute Gasteiger partial charge is 0.388 e. The third kappa shape index (κ3) is 2.79. The molecule has 2 atom stereocenters. The quantitative estimate of drug-likeness (QED) is 0.874. The van der Waals surface area contributed by atoms with Gasteiger partial charge in [-0.2, -0.15) is 0 Å². The van der Waals surface area contributed by atoms with E-state index in [1.54, 1.807) is 11.3 Å². The molecule has 0 saturated carbocycles. The summed E-state index contributed by atoms with van der Waals surface area (Å²) in [7, 11) is 0. The summed E-state index contributed by atoms with van der Waals surface area (Å²) in [4.78, 5) is 1.17. The first kappa shape index (κ1) is 12.8. The second-order valence-electron chi connectivity index (χ2n) is 4.21. The molecule has 0 fully saturated rings. The molecule has 17 heavy (non-hydrogen) atoms. The van der Waals surface area contributed by atoms with Crippen LogP contribution in [-0.4, -0.2) is 5.11 Å². The second kappa shape index (κ2) is 5.34. The van der Waals surface area contributed by atoms with E-state index in [9.17, 15) is 5.11 Å². The monoisotopic (exact) mass is 310 g/mol. The average Bonchev–Trinajstić information content (AvgIpc) is 2.68. The molecule has 2 unspecified atom stereocenters. The van der Waals surface area contributed by atoms with Gasteiger partial charge in [0.2, 0.25) is 0 Å². The summed E-state index contributed by atoms with van der Waals surface area (Å²) in [6.45, 7) is 4.11. The minimum atomic E-state index is -0.444. The zero-order valence-corrected chi connectivity index (χ0v) is 12.3. The molecule has 3 heteroatoms. The Morgan fingerprint density at radius 3 is 2.41 bits per heavy atom. The van der Waals surface area contributed by atoms with Crippen molar-refractivity contribution in [1.29, 1.82) is 0 Å². The van der Waals surface area contributed by atoms with Gasteiger partial charge in [-0.25, -0.2) is 0 Å². The van der Waals surface area contributed by atoms with Crippen LogP contribution in [0.4, 0.5) is 0 Å². The van der Waals surface area contributed by atoms with E-state index in [0.29, 0.717) is 0 Å². The first-order chi connectivity index (χ1) is 8.09. The molecule has 1 aromatic heterocycles. The van der Waals surface area contributed by atoms with Crippen molar-refractivity contribution in [1.82, 2.24) is 0 Å². The normalized spacial score (nSPS) is 14.6. The van der Waals surface area contributed by atoms with Crippen LogP contribution in [0.2, 0.25) is 0 Å². The summed E-state index contributed by atoms with van der Waals surface area (Å²) in [5.41, 5.74) is 2.19. The molecule has 0 aliphatic heterocycles. The van der Waals surface area contributed by atoms with Crippen LogP contribution in [0.5, 0.6) is 0 Å². The van der Waals surface area contributed by atoms with Crippen LogP contribution in [0.25, 0.3) is 0 Å². The van der Waals surface area contributed by atoms with Gasteiger partial charge in [0.25, 0.3) is 0 Å². The predicted octanol–water partition coefficient (Wildman–Crippen LogP) is 4.66. The van der Waals surface area contributed by atoms with E-state index in [-0.39, 0.29) is 5.92 Å². The van der Waals surface area contributed by atoms with Gasteiger partial charge in [0.15, 0.2) is 0 Å². The van der Waals surface area contributed by atoms with Crippen LogP contribution in [0.1, 0.15) is 34.9 Å². The molecule has 0 amide bonds. The molecule has 0 bridgehead atoms. The zero-order valence-electron chi connectivity index (χ0n) is 9.85. The van der Waals surface area contributed by atoms with Crippen molar-refractivity contribution >= 4 is 27.3 Å². The van der Waals surface area contributed by atoms with E-state index in [0.717, 1.165) is 9.35 Å². The summed E-state index contributed by atoms with van der Waals surface area (Å²) < 4.78 is 1.07. The number of rotatable bonds is 3. The smallest absolute Gasteiger partial charge is 0.0866 e. The Kier molecular flexibility index (Phi) is 4.02. The Bertz CT molecular complexity index is 492. The van der Waals surface area contributed by atoms with Crippen LogP contribution in [0.3, 0.4) is 0 Å². The van der Waals surface area contributed by atoms with Crippen molar-refractivity contribution < 1.29 is 5.11 Å². The lowest BCUT2D eigenvalue weighted by molar-refractivity contribution is 0.151. The fraction of sp³-hybridized carbons (Fsp3) is 0.286. The van der Waals surface area contributed by atoms with Gasteiger partial charge in [0, 0.05) is 10.8 Å². The topological polar surface area (TPSA) is 20.2 Å². The highest BCUT2D eigenvalue weighted by molar-refractivity contribution is 9.11. The van der Waals surface area contributed by atoms with Gasteiger partial charge in [-0.05, 0) is 40.0 Å². The van der Waals surface area contributed by atoms with Gasteiger partial charge in [0.1, 0.15) is 0 Å². The highest BCUT2D eigenvalue weighted by Gasteiger charge is 2.21. The lowest BCUT2D eigenvalue weighted by Crippen LogP contribution is -2.07. The number of hydrogen-bond donors (Lipinski definition) is 1. The molecular formula is C14H15BrOS. The van der Waals surface area contributed by atoms with Crippen molar-refractivity contribution in [3.63, 3.8) is 0 Å². The first-order valence-electron chi connectivity index (χ1n) is 5.58. The zero-order chi connectivity index (χ0) is 12.4. The average molecular weight is 311 g/mol. The van der Waals surface area contributed by atoms with Crippen molar-refractivity contribution in [3.05, 3.63) is 56.2 Å². The van der Waals surface area contributed by atoms with Crippen molar-refractivity contribution in [2.75, 3.05) is 0 Å². The Balaban J connectivity index is 2.26. The number of aliphatic hydroxyl groups is 1. The maximum absolute atomic E-state index is 10.4. The van der Waals surface area contributed by atoms with Crippen molar-refractivity contribution in [2.45, 2.75) is 25.9 Å². The number of aliphatic hydroxyl groups excluding tert-OH is 1. The number of thiophene rings is 1. The lowest BCUT2D eigenvalue weighted by atomic mass is 9.91. The van der Waals surface area contributed by atoms with E-state index >= 15 is 0 Å². The molecule has 1 heterocycles. The molecule has 0 spiro atoms. The van der Waals surface area contributed by atoms with E-state index < -0.39 is 6.10 Å². The highest BCUT2D eigenvalue weighted by Crippen LogP contribution is 2.37. The standard InChI is InChI=1S/C14H15BrOS/c1-9(11-6-4-3-5-7-11)14(16)12-8-13(15)17-10(12)2/h3-9,14,16H,1-2H3. The Morgan fingerprint density at radius 2 is 1.88 bits per heavy atom. The SMILES string of the molecule is Cc1sc(Br)cc1C(O)C(C)c1ccccc1. The Hall–Kier alpha value is -0.640. The molecule has 0 aliphatic carbocycles. The number of aryl methyl sites for hydroxylation is 1. The maximum Gasteiger partial charge on any atom is 0.0866 e. The van der Waals surface area contributed by atoms with Gasteiger partial charge >= 0.3 is 0 Å². The van der Waals surface area contributed by atoms with Crippen LogP contribution < -0.4 is 0 Å². The molecule has 1 N–H and O–H groups in total. The minimum Gasteiger partial charge on any atom is -0.388 e. The first-order valence-corrected chi connectivity index (χ1v) is 7.19. The van der Waals surface area contributed by atoms with Gasteiger partial charge in [-0.15, -0.1) is 11.3 Å². The molecule has 0 radical (unpaired) electrons. The number of halogens is 1. The predicted molar refractivity (Wildman–Crippen MR) is 76.6 cm³/mol. The third-order valence-corrected chi connectivity index (χ3v) is 4.61. The van der Waals surface area contributed by atoms with Crippen LogP contribution in [0.15, 0.2) is 40.2 Å². The summed E-state index contributed by atoms with van der Waals surface area (Å²) in [5.74, 6) is 0.108. The van der Waals surface area contributed by atoms with Gasteiger partial charge in [0.05, 0.1) is 9.89 Å². The van der Waals surface area contributed by atoms with E-state index in [4.69, 9.17) is 0 Å². The molecular weight excluding hydrogens is 296 g/mol. The third-order valence-electron chi connectivity index (χ3n) is 3.04. The fourth-order valence-corrected chi connectivity index (χ4v) is 3.71. The van der Waals surface area contributed by atoms with Gasteiger partial charge in [-0.3, -0.25) is 0 Å². The lowest BCUT2D eigenvalue weighted by Gasteiger charge is -2.19. The van der Waals surface area contributed by atoms with Crippen LogP contribution >= 0.6 is 27.3 Å². The van der Waals surface area contributed by atoms with E-state index in [1.807, 2.05) is 31.2 Å². The fourth-order valence-electron chi connectivity index (χ4n) is 1.96. The van der Waals surface area contributed by atoms with Gasteiger partial charge in [-0.1, -0.05) is 37.3 Å². The Labute approximate surface area is 114 Å². The van der Waals surface area contributed by atoms with E-state index in [1.165, 1.54) is 10.4 Å². The molecule has 1 nitrogen and oxygen atoms in total. The maximum atomic E-state index is 10.4. The molecule has 90 valence electrons. The molecule has 0 aliphatic rings. The summed E-state index contributed by atoms with van der Waals surface area (Å²) in [6, 6.07) is 12.2. The second-order valence-corrected chi connectivity index (χ2v) is 6.84. The molecule has 1 aromatic carbocycles. The van der Waals surface area contributed by atoms with Crippen molar-refractivity contribution in [2.24, 2.45) is 0 Å². The van der Waals surface area contributed by atoms with Crippen LogP contribution in [0, 0.1) is 6.92 Å². The minimum absolute atomic E-state index is 0.108. The van der Waals surface area contributed by atoms with Gasteiger partial charge < -0.3 is 5.11 Å². The summed E-state index contributed by atoms with van der Waals surface area (Å²) >= 11 is 5.13. The Morgan fingerprint density at radius 1 is 1.24 bits per heavy atom. The number of benzene rings is 1.